The van der Waals surface area contributed by atoms with Gasteiger partial charge in [0.2, 0.25) is 5.91 Å². The van der Waals surface area contributed by atoms with E-state index in [1.165, 1.54) is 35.4 Å². The molecule has 1 amide bonds. The fourth-order valence-electron chi connectivity index (χ4n) is 4.61. The largest absolute Gasteiger partial charge is 0.341 e. The summed E-state index contributed by atoms with van der Waals surface area (Å²) in [6.45, 7) is 6.28. The van der Waals surface area contributed by atoms with E-state index in [0.29, 0.717) is 17.6 Å². The number of amides is 1. The number of rotatable bonds is 3. The summed E-state index contributed by atoms with van der Waals surface area (Å²) in [6.07, 6.45) is 5.71. The van der Waals surface area contributed by atoms with Gasteiger partial charge in [-0.1, -0.05) is 25.4 Å². The molecule has 0 N–H and O–H groups in total. The van der Waals surface area contributed by atoms with Crippen molar-refractivity contribution in [3.8, 4) is 0 Å². The molecule has 1 fully saturated rings. The smallest absolute Gasteiger partial charge is 0.232 e. The third-order valence-electron chi connectivity index (χ3n) is 5.73. The summed E-state index contributed by atoms with van der Waals surface area (Å²) >= 11 is 7.97. The van der Waals surface area contributed by atoms with Gasteiger partial charge >= 0.3 is 0 Å². The lowest BCUT2D eigenvalue weighted by Gasteiger charge is -2.35. The van der Waals surface area contributed by atoms with E-state index in [1.807, 2.05) is 18.2 Å². The predicted molar refractivity (Wildman–Crippen MR) is 114 cm³/mol. The van der Waals surface area contributed by atoms with Crippen LogP contribution in [-0.4, -0.2) is 34.6 Å². The van der Waals surface area contributed by atoms with E-state index in [-0.39, 0.29) is 5.91 Å². The van der Waals surface area contributed by atoms with Gasteiger partial charge in [0.25, 0.3) is 0 Å². The molecule has 0 radical (unpaired) electrons. The SMILES string of the molecule is C[C@H]1C[C@H](C)CN(C(=O)CSc2c3c(nc4ccc(Cl)cc24)CCCC3)C1. The highest BCUT2D eigenvalue weighted by molar-refractivity contribution is 8.00. The zero-order chi connectivity index (χ0) is 19.0. The van der Waals surface area contributed by atoms with E-state index in [9.17, 15) is 4.79 Å². The molecule has 1 aromatic carbocycles. The number of halogens is 1. The Morgan fingerprint density at radius 3 is 2.74 bits per heavy atom. The monoisotopic (exact) mass is 402 g/mol. The number of pyridine rings is 1. The van der Waals surface area contributed by atoms with Crippen molar-refractivity contribution in [3.63, 3.8) is 0 Å². The molecule has 5 heteroatoms. The zero-order valence-electron chi connectivity index (χ0n) is 16.1. The number of aryl methyl sites for hydroxylation is 1. The Morgan fingerprint density at radius 1 is 1.22 bits per heavy atom. The molecule has 1 aromatic heterocycles. The number of nitrogens with zero attached hydrogens (tertiary/aromatic N) is 2. The molecule has 2 atom stereocenters. The van der Waals surface area contributed by atoms with Crippen molar-refractivity contribution in [2.45, 2.75) is 50.8 Å². The van der Waals surface area contributed by atoms with E-state index in [0.717, 1.165) is 41.9 Å². The molecule has 144 valence electrons. The van der Waals surface area contributed by atoms with Gasteiger partial charge in [-0.2, -0.15) is 0 Å². The summed E-state index contributed by atoms with van der Waals surface area (Å²) in [4.78, 5) is 21.1. The van der Waals surface area contributed by atoms with Crippen LogP contribution in [0.15, 0.2) is 23.1 Å². The summed E-state index contributed by atoms with van der Waals surface area (Å²) in [5.41, 5.74) is 3.55. The summed E-state index contributed by atoms with van der Waals surface area (Å²) in [5, 5.41) is 1.83. The van der Waals surface area contributed by atoms with Gasteiger partial charge < -0.3 is 4.90 Å². The molecule has 2 aliphatic rings. The average molecular weight is 403 g/mol. The van der Waals surface area contributed by atoms with Gasteiger partial charge in [-0.25, -0.2) is 0 Å². The zero-order valence-corrected chi connectivity index (χ0v) is 17.7. The summed E-state index contributed by atoms with van der Waals surface area (Å²) < 4.78 is 0. The number of hydrogen-bond donors (Lipinski definition) is 0. The first kappa shape index (κ1) is 19.1. The number of piperidine rings is 1. The third-order valence-corrected chi connectivity index (χ3v) is 7.11. The number of carbonyl (C=O) groups excluding carboxylic acids is 1. The van der Waals surface area contributed by atoms with Crippen molar-refractivity contribution in [1.29, 1.82) is 0 Å². The second-order valence-corrected chi connectivity index (χ2v) is 9.69. The maximum atomic E-state index is 12.9. The molecule has 1 aliphatic heterocycles. The minimum absolute atomic E-state index is 0.259. The first-order valence-corrected chi connectivity index (χ1v) is 11.4. The Labute approximate surface area is 170 Å². The molecule has 1 aliphatic carbocycles. The van der Waals surface area contributed by atoms with E-state index in [2.05, 4.69) is 18.7 Å². The molecule has 0 spiro atoms. The number of carbonyl (C=O) groups is 1. The normalized spacial score (nSPS) is 22.7. The molecule has 2 aromatic rings. The number of aromatic nitrogens is 1. The van der Waals surface area contributed by atoms with Crippen molar-refractivity contribution in [2.75, 3.05) is 18.8 Å². The first-order chi connectivity index (χ1) is 13.0. The Balaban J connectivity index is 1.61. The Kier molecular flexibility index (Phi) is 5.65. The van der Waals surface area contributed by atoms with Crippen LogP contribution in [-0.2, 0) is 17.6 Å². The van der Waals surface area contributed by atoms with Crippen molar-refractivity contribution < 1.29 is 4.79 Å². The second-order valence-electron chi connectivity index (χ2n) is 8.27. The van der Waals surface area contributed by atoms with Crippen LogP contribution >= 0.6 is 23.4 Å². The molecule has 0 unspecified atom stereocenters. The Hall–Kier alpha value is -1.26. The minimum atomic E-state index is 0.259. The van der Waals surface area contributed by atoms with Crippen LogP contribution < -0.4 is 0 Å². The molecule has 27 heavy (non-hydrogen) atoms. The van der Waals surface area contributed by atoms with Crippen LogP contribution in [0.4, 0.5) is 0 Å². The number of benzene rings is 1. The molecule has 3 nitrogen and oxygen atoms in total. The minimum Gasteiger partial charge on any atom is -0.341 e. The number of likely N-dealkylation sites (tertiary alicyclic amines) is 1. The van der Waals surface area contributed by atoms with Gasteiger partial charge in [0.15, 0.2) is 0 Å². The Bertz CT molecular complexity index is 859. The van der Waals surface area contributed by atoms with Crippen LogP contribution in [0, 0.1) is 11.8 Å². The molecule has 0 saturated carbocycles. The van der Waals surface area contributed by atoms with Crippen LogP contribution in [0.5, 0.6) is 0 Å². The molecular weight excluding hydrogens is 376 g/mol. The summed E-state index contributed by atoms with van der Waals surface area (Å²) in [5.74, 6) is 1.94. The fourth-order valence-corrected chi connectivity index (χ4v) is 5.95. The van der Waals surface area contributed by atoms with E-state index >= 15 is 0 Å². The van der Waals surface area contributed by atoms with Gasteiger partial charge in [0.05, 0.1) is 11.3 Å². The summed E-state index contributed by atoms with van der Waals surface area (Å²) in [7, 11) is 0. The van der Waals surface area contributed by atoms with Gasteiger partial charge in [-0.05, 0) is 67.7 Å². The quantitative estimate of drug-likeness (QED) is 0.647. The highest BCUT2D eigenvalue weighted by Crippen LogP contribution is 2.37. The molecule has 0 bridgehead atoms. The van der Waals surface area contributed by atoms with E-state index in [4.69, 9.17) is 16.6 Å². The third kappa shape index (κ3) is 4.12. The highest BCUT2D eigenvalue weighted by atomic mass is 35.5. The van der Waals surface area contributed by atoms with Gasteiger partial charge in [0, 0.05) is 34.1 Å². The molecule has 2 heterocycles. The Morgan fingerprint density at radius 2 is 1.96 bits per heavy atom. The standard InChI is InChI=1S/C22H27ClN2OS/c1-14-9-15(2)12-25(11-14)21(26)13-27-22-17-5-3-4-6-19(17)24-20-8-7-16(23)10-18(20)22/h7-8,10,14-15H,3-6,9,11-13H2,1-2H3/t14-,15-/m0/s1. The average Bonchev–Trinajstić information content (AvgIpc) is 2.64. The molecule has 1 saturated heterocycles. The molecular formula is C22H27ClN2OS. The van der Waals surface area contributed by atoms with Crippen molar-refractivity contribution in [2.24, 2.45) is 11.8 Å². The van der Waals surface area contributed by atoms with E-state index in [1.54, 1.807) is 11.8 Å². The van der Waals surface area contributed by atoms with Gasteiger partial charge in [0.1, 0.15) is 0 Å². The lowest BCUT2D eigenvalue weighted by Crippen LogP contribution is -2.43. The van der Waals surface area contributed by atoms with E-state index < -0.39 is 0 Å². The summed E-state index contributed by atoms with van der Waals surface area (Å²) in [6, 6.07) is 5.92. The van der Waals surface area contributed by atoms with Crippen LogP contribution in [0.2, 0.25) is 5.02 Å². The second kappa shape index (κ2) is 8.00. The number of thioether (sulfide) groups is 1. The van der Waals surface area contributed by atoms with Crippen molar-refractivity contribution in [1.82, 2.24) is 9.88 Å². The maximum Gasteiger partial charge on any atom is 0.232 e. The van der Waals surface area contributed by atoms with Crippen molar-refractivity contribution >= 4 is 40.2 Å². The predicted octanol–water partition coefficient (Wildman–Crippen LogP) is 5.36. The van der Waals surface area contributed by atoms with Crippen LogP contribution in [0.3, 0.4) is 0 Å². The number of fused-ring (bicyclic) bond motifs is 2. The first-order valence-electron chi connectivity index (χ1n) is 10.0. The highest BCUT2D eigenvalue weighted by Gasteiger charge is 2.26. The number of hydrogen-bond acceptors (Lipinski definition) is 3. The fraction of sp³-hybridized carbons (Fsp3) is 0.545. The van der Waals surface area contributed by atoms with Crippen LogP contribution in [0.1, 0.15) is 44.4 Å². The lowest BCUT2D eigenvalue weighted by molar-refractivity contribution is -0.130. The van der Waals surface area contributed by atoms with Gasteiger partial charge in [-0.15, -0.1) is 11.8 Å². The maximum absolute atomic E-state index is 12.9. The lowest BCUT2D eigenvalue weighted by atomic mass is 9.92. The van der Waals surface area contributed by atoms with Gasteiger partial charge in [-0.3, -0.25) is 9.78 Å². The topological polar surface area (TPSA) is 33.2 Å². The molecule has 4 rings (SSSR count). The van der Waals surface area contributed by atoms with Crippen molar-refractivity contribution in [3.05, 3.63) is 34.5 Å². The van der Waals surface area contributed by atoms with Crippen LogP contribution in [0.25, 0.3) is 10.9 Å².